The van der Waals surface area contributed by atoms with Crippen LogP contribution in [0.25, 0.3) is 10.8 Å². The summed E-state index contributed by atoms with van der Waals surface area (Å²) in [5, 5.41) is 2.32. The molecule has 0 N–H and O–H groups in total. The zero-order valence-electron chi connectivity index (χ0n) is 10.0. The first-order chi connectivity index (χ1) is 8.11. The van der Waals surface area contributed by atoms with Crippen molar-refractivity contribution < 1.29 is 9.47 Å². The summed E-state index contributed by atoms with van der Waals surface area (Å²) in [4.78, 5) is 4.05. The van der Waals surface area contributed by atoms with Crippen LogP contribution in [0.5, 0.6) is 11.5 Å². The number of hydrogen-bond acceptors (Lipinski definition) is 3. The minimum Gasteiger partial charge on any atom is -0.493 e. The Bertz CT molecular complexity index is 540. The van der Waals surface area contributed by atoms with Gasteiger partial charge in [0.25, 0.3) is 0 Å². The van der Waals surface area contributed by atoms with Gasteiger partial charge in [-0.25, -0.2) is 4.98 Å². The third-order valence-electron chi connectivity index (χ3n) is 2.36. The Morgan fingerprint density at radius 2 is 2.00 bits per heavy atom. The predicted molar refractivity (Wildman–Crippen MR) is 69.1 cm³/mol. The van der Waals surface area contributed by atoms with Crippen molar-refractivity contribution in [2.75, 3.05) is 7.11 Å². The Kier molecular flexibility index (Phi) is 3.38. The van der Waals surface area contributed by atoms with E-state index < -0.39 is 0 Å². The molecule has 0 spiro atoms. The highest BCUT2D eigenvalue weighted by Crippen LogP contribution is 2.35. The van der Waals surface area contributed by atoms with Crippen LogP contribution in [0.15, 0.2) is 24.4 Å². The van der Waals surface area contributed by atoms with Gasteiger partial charge in [-0.05, 0) is 37.4 Å². The standard InChI is InChI=1S/C13H14ClNO2/c1-8(2)17-12-7-10-9(6-11(12)16-3)4-5-15-13(10)14/h4-8H,1-3H3. The average molecular weight is 252 g/mol. The third kappa shape index (κ3) is 2.44. The van der Waals surface area contributed by atoms with Crippen LogP contribution < -0.4 is 9.47 Å². The van der Waals surface area contributed by atoms with Crippen LogP contribution >= 0.6 is 11.6 Å². The molecule has 0 amide bonds. The first-order valence-electron chi connectivity index (χ1n) is 5.40. The lowest BCUT2D eigenvalue weighted by atomic mass is 10.1. The zero-order chi connectivity index (χ0) is 12.4. The Balaban J connectivity index is 2.61. The number of rotatable bonds is 3. The SMILES string of the molecule is COc1cc2ccnc(Cl)c2cc1OC(C)C. The third-order valence-corrected chi connectivity index (χ3v) is 2.66. The number of hydrogen-bond donors (Lipinski definition) is 0. The number of nitrogens with zero attached hydrogens (tertiary/aromatic N) is 1. The quantitative estimate of drug-likeness (QED) is 0.780. The van der Waals surface area contributed by atoms with Crippen molar-refractivity contribution in [2.24, 2.45) is 0 Å². The molecule has 0 aliphatic rings. The molecule has 3 nitrogen and oxygen atoms in total. The number of ether oxygens (including phenoxy) is 2. The van der Waals surface area contributed by atoms with Crippen LogP contribution in [-0.4, -0.2) is 18.2 Å². The van der Waals surface area contributed by atoms with Crippen LogP contribution in [0.2, 0.25) is 5.15 Å². The number of fused-ring (bicyclic) bond motifs is 1. The number of methoxy groups -OCH3 is 1. The molecule has 1 aromatic carbocycles. The van der Waals surface area contributed by atoms with E-state index in [9.17, 15) is 0 Å². The van der Waals surface area contributed by atoms with E-state index in [1.807, 2.05) is 32.0 Å². The zero-order valence-corrected chi connectivity index (χ0v) is 10.8. The summed E-state index contributed by atoms with van der Waals surface area (Å²) in [5.41, 5.74) is 0. The molecule has 0 saturated carbocycles. The van der Waals surface area contributed by atoms with Crippen molar-refractivity contribution in [3.8, 4) is 11.5 Å². The monoisotopic (exact) mass is 251 g/mol. The minimum atomic E-state index is 0.0804. The van der Waals surface area contributed by atoms with E-state index in [0.29, 0.717) is 16.7 Å². The highest BCUT2D eigenvalue weighted by Gasteiger charge is 2.10. The van der Waals surface area contributed by atoms with Crippen molar-refractivity contribution in [1.82, 2.24) is 4.98 Å². The van der Waals surface area contributed by atoms with Crippen molar-refractivity contribution in [1.29, 1.82) is 0 Å². The van der Waals surface area contributed by atoms with E-state index in [4.69, 9.17) is 21.1 Å². The summed E-state index contributed by atoms with van der Waals surface area (Å²) >= 11 is 6.05. The molecule has 4 heteroatoms. The molecular formula is C13H14ClNO2. The maximum atomic E-state index is 6.05. The second-order valence-electron chi connectivity index (χ2n) is 3.99. The Hall–Kier alpha value is -1.48. The molecule has 1 heterocycles. The Morgan fingerprint density at radius 1 is 1.24 bits per heavy atom. The van der Waals surface area contributed by atoms with Gasteiger partial charge in [0, 0.05) is 11.6 Å². The summed E-state index contributed by atoms with van der Waals surface area (Å²) in [7, 11) is 1.62. The molecule has 0 aliphatic heterocycles. The molecule has 17 heavy (non-hydrogen) atoms. The fraction of sp³-hybridized carbons (Fsp3) is 0.308. The van der Waals surface area contributed by atoms with Gasteiger partial charge in [0.2, 0.25) is 0 Å². The van der Waals surface area contributed by atoms with E-state index in [0.717, 1.165) is 10.8 Å². The van der Waals surface area contributed by atoms with E-state index in [1.54, 1.807) is 13.3 Å². The summed E-state index contributed by atoms with van der Waals surface area (Å²) in [6, 6.07) is 5.66. The lowest BCUT2D eigenvalue weighted by Gasteiger charge is -2.14. The molecular weight excluding hydrogens is 238 g/mol. The molecule has 0 radical (unpaired) electrons. The molecule has 90 valence electrons. The second-order valence-corrected chi connectivity index (χ2v) is 4.35. The summed E-state index contributed by atoms with van der Waals surface area (Å²) in [6.45, 7) is 3.93. The lowest BCUT2D eigenvalue weighted by molar-refractivity contribution is 0.230. The van der Waals surface area contributed by atoms with Crippen molar-refractivity contribution in [3.63, 3.8) is 0 Å². The van der Waals surface area contributed by atoms with Crippen LogP contribution in [0, 0.1) is 0 Å². The number of aromatic nitrogens is 1. The van der Waals surface area contributed by atoms with Crippen molar-refractivity contribution in [2.45, 2.75) is 20.0 Å². The van der Waals surface area contributed by atoms with Gasteiger partial charge in [-0.1, -0.05) is 11.6 Å². The van der Waals surface area contributed by atoms with Gasteiger partial charge < -0.3 is 9.47 Å². The van der Waals surface area contributed by atoms with Gasteiger partial charge in [-0.15, -0.1) is 0 Å². The fourth-order valence-corrected chi connectivity index (χ4v) is 1.87. The van der Waals surface area contributed by atoms with Gasteiger partial charge in [-0.3, -0.25) is 0 Å². The minimum absolute atomic E-state index is 0.0804. The van der Waals surface area contributed by atoms with Crippen molar-refractivity contribution >= 4 is 22.4 Å². The number of halogens is 1. The molecule has 0 atom stereocenters. The maximum absolute atomic E-state index is 6.05. The highest BCUT2D eigenvalue weighted by atomic mass is 35.5. The van der Waals surface area contributed by atoms with Crippen LogP contribution in [0.1, 0.15) is 13.8 Å². The fourth-order valence-electron chi connectivity index (χ4n) is 1.65. The molecule has 2 aromatic rings. The first-order valence-corrected chi connectivity index (χ1v) is 5.78. The Morgan fingerprint density at radius 3 is 2.65 bits per heavy atom. The average Bonchev–Trinajstić information content (AvgIpc) is 2.29. The Labute approximate surface area is 105 Å². The maximum Gasteiger partial charge on any atom is 0.162 e. The first kappa shape index (κ1) is 12.0. The molecule has 0 fully saturated rings. The summed E-state index contributed by atoms with van der Waals surface area (Å²) in [6.07, 6.45) is 1.75. The smallest absolute Gasteiger partial charge is 0.162 e. The van der Waals surface area contributed by atoms with Gasteiger partial charge >= 0.3 is 0 Å². The van der Waals surface area contributed by atoms with Crippen LogP contribution in [-0.2, 0) is 0 Å². The largest absolute Gasteiger partial charge is 0.493 e. The van der Waals surface area contributed by atoms with Gasteiger partial charge in [0.05, 0.1) is 13.2 Å². The highest BCUT2D eigenvalue weighted by molar-refractivity contribution is 6.34. The summed E-state index contributed by atoms with van der Waals surface area (Å²) < 4.78 is 11.0. The van der Waals surface area contributed by atoms with E-state index in [1.165, 1.54) is 0 Å². The van der Waals surface area contributed by atoms with Crippen LogP contribution in [0.4, 0.5) is 0 Å². The van der Waals surface area contributed by atoms with Crippen LogP contribution in [0.3, 0.4) is 0 Å². The van der Waals surface area contributed by atoms with E-state index in [-0.39, 0.29) is 6.10 Å². The molecule has 2 rings (SSSR count). The number of benzene rings is 1. The van der Waals surface area contributed by atoms with Crippen molar-refractivity contribution in [3.05, 3.63) is 29.5 Å². The second kappa shape index (κ2) is 4.80. The molecule has 1 aromatic heterocycles. The topological polar surface area (TPSA) is 31.4 Å². The van der Waals surface area contributed by atoms with E-state index >= 15 is 0 Å². The molecule has 0 saturated heterocycles. The van der Waals surface area contributed by atoms with Gasteiger partial charge in [-0.2, -0.15) is 0 Å². The van der Waals surface area contributed by atoms with Gasteiger partial charge in [0.1, 0.15) is 5.15 Å². The molecule has 0 aliphatic carbocycles. The normalized spacial score (nSPS) is 10.9. The predicted octanol–water partition coefficient (Wildman–Crippen LogP) is 3.68. The van der Waals surface area contributed by atoms with Gasteiger partial charge in [0.15, 0.2) is 11.5 Å². The van der Waals surface area contributed by atoms with E-state index in [2.05, 4.69) is 4.98 Å². The number of pyridine rings is 1. The summed E-state index contributed by atoms with van der Waals surface area (Å²) in [5.74, 6) is 1.39. The lowest BCUT2D eigenvalue weighted by Crippen LogP contribution is -2.06. The molecule has 0 unspecified atom stereocenters. The molecule has 0 bridgehead atoms.